The molecule has 1 atom stereocenters. The molecule has 158 valence electrons. The highest BCUT2D eigenvalue weighted by Crippen LogP contribution is 2.35. The summed E-state index contributed by atoms with van der Waals surface area (Å²) < 4.78 is 5.91. The van der Waals surface area contributed by atoms with Crippen LogP contribution >= 0.6 is 0 Å². The summed E-state index contributed by atoms with van der Waals surface area (Å²) in [6, 6.07) is 26.3. The van der Waals surface area contributed by atoms with E-state index in [-0.39, 0.29) is 11.9 Å². The van der Waals surface area contributed by atoms with Crippen molar-refractivity contribution in [3.05, 3.63) is 96.1 Å². The molecule has 4 rings (SSSR count). The van der Waals surface area contributed by atoms with Crippen LogP contribution in [0.15, 0.2) is 84.9 Å². The Balaban J connectivity index is 1.47. The molecule has 4 heteroatoms. The van der Waals surface area contributed by atoms with Gasteiger partial charge in [0, 0.05) is 25.2 Å². The van der Waals surface area contributed by atoms with E-state index in [2.05, 4.69) is 24.8 Å². The van der Waals surface area contributed by atoms with Gasteiger partial charge in [-0.3, -0.25) is 4.79 Å². The molecule has 1 unspecified atom stereocenters. The Morgan fingerprint density at radius 3 is 2.52 bits per heavy atom. The number of hydrogen-bond donors (Lipinski definition) is 0. The van der Waals surface area contributed by atoms with Crippen LogP contribution in [0.1, 0.15) is 25.0 Å². The van der Waals surface area contributed by atoms with Gasteiger partial charge in [0.25, 0.3) is 5.91 Å². The standard InChI is InChI=1S/C27H28N2O2/c1-3-28-21(2)19-29(26-15-8-7-14-25(26)28)27(30)17-16-22-12-9-13-24(18-22)31-20-23-10-5-4-6-11-23/h4-18,21H,3,19-20H2,1-2H3/b17-16+. The summed E-state index contributed by atoms with van der Waals surface area (Å²) in [5.41, 5.74) is 4.14. The Morgan fingerprint density at radius 1 is 1.00 bits per heavy atom. The van der Waals surface area contributed by atoms with E-state index >= 15 is 0 Å². The van der Waals surface area contributed by atoms with E-state index in [9.17, 15) is 4.79 Å². The number of para-hydroxylation sites is 2. The van der Waals surface area contributed by atoms with Gasteiger partial charge in [0.15, 0.2) is 0 Å². The van der Waals surface area contributed by atoms with Crippen LogP contribution in [0.5, 0.6) is 5.75 Å². The molecule has 0 saturated heterocycles. The number of nitrogens with zero attached hydrogens (tertiary/aromatic N) is 2. The van der Waals surface area contributed by atoms with Crippen LogP contribution in [-0.4, -0.2) is 25.0 Å². The van der Waals surface area contributed by atoms with Crippen LogP contribution in [0, 0.1) is 0 Å². The Labute approximate surface area is 184 Å². The molecule has 1 aliphatic heterocycles. The minimum Gasteiger partial charge on any atom is -0.489 e. The van der Waals surface area contributed by atoms with Gasteiger partial charge >= 0.3 is 0 Å². The summed E-state index contributed by atoms with van der Waals surface area (Å²) in [5, 5.41) is 0. The van der Waals surface area contributed by atoms with E-state index < -0.39 is 0 Å². The van der Waals surface area contributed by atoms with Gasteiger partial charge in [-0.2, -0.15) is 0 Å². The Bertz CT molecular complexity index is 1060. The molecule has 0 aromatic heterocycles. The van der Waals surface area contributed by atoms with E-state index in [1.165, 1.54) is 0 Å². The molecule has 0 spiro atoms. The Morgan fingerprint density at radius 2 is 1.74 bits per heavy atom. The van der Waals surface area contributed by atoms with Crippen molar-refractivity contribution in [2.24, 2.45) is 0 Å². The SMILES string of the molecule is CCN1c2ccccc2N(C(=O)/C=C/c2cccc(OCc3ccccc3)c2)CC1C. The summed E-state index contributed by atoms with van der Waals surface area (Å²) >= 11 is 0. The topological polar surface area (TPSA) is 32.8 Å². The summed E-state index contributed by atoms with van der Waals surface area (Å²) in [4.78, 5) is 17.3. The van der Waals surface area contributed by atoms with Crippen LogP contribution in [0.25, 0.3) is 6.08 Å². The molecular weight excluding hydrogens is 384 g/mol. The maximum Gasteiger partial charge on any atom is 0.251 e. The average Bonchev–Trinajstić information content (AvgIpc) is 2.81. The minimum atomic E-state index is -0.00865. The summed E-state index contributed by atoms with van der Waals surface area (Å²) in [6.07, 6.45) is 3.51. The molecule has 31 heavy (non-hydrogen) atoms. The molecule has 4 nitrogen and oxygen atoms in total. The lowest BCUT2D eigenvalue weighted by atomic mass is 10.1. The van der Waals surface area contributed by atoms with Crippen molar-refractivity contribution in [3.63, 3.8) is 0 Å². The van der Waals surface area contributed by atoms with Crippen molar-refractivity contribution in [3.8, 4) is 5.75 Å². The number of fused-ring (bicyclic) bond motifs is 1. The fourth-order valence-electron chi connectivity index (χ4n) is 4.03. The molecule has 3 aromatic carbocycles. The van der Waals surface area contributed by atoms with Gasteiger partial charge in [0.2, 0.25) is 0 Å². The largest absolute Gasteiger partial charge is 0.489 e. The summed E-state index contributed by atoms with van der Waals surface area (Å²) in [6.45, 7) is 6.43. The maximum absolute atomic E-state index is 13.1. The molecule has 0 bridgehead atoms. The third-order valence-corrected chi connectivity index (χ3v) is 5.59. The van der Waals surface area contributed by atoms with Crippen LogP contribution in [0.2, 0.25) is 0 Å². The number of likely N-dealkylation sites (N-methyl/N-ethyl adjacent to an activating group) is 1. The van der Waals surface area contributed by atoms with Crippen molar-refractivity contribution in [2.75, 3.05) is 22.9 Å². The normalized spacial score (nSPS) is 15.7. The van der Waals surface area contributed by atoms with E-state index in [1.807, 2.05) is 83.8 Å². The van der Waals surface area contributed by atoms with Crippen LogP contribution in [-0.2, 0) is 11.4 Å². The average molecular weight is 413 g/mol. The van der Waals surface area contributed by atoms with E-state index in [0.29, 0.717) is 13.2 Å². The predicted octanol–water partition coefficient (Wildman–Crippen LogP) is 5.54. The third-order valence-electron chi connectivity index (χ3n) is 5.59. The summed E-state index contributed by atoms with van der Waals surface area (Å²) in [7, 11) is 0. The highest BCUT2D eigenvalue weighted by Gasteiger charge is 2.29. The van der Waals surface area contributed by atoms with E-state index in [1.54, 1.807) is 6.08 Å². The van der Waals surface area contributed by atoms with E-state index in [0.717, 1.165) is 34.8 Å². The number of ether oxygens (including phenoxy) is 1. The molecule has 1 amide bonds. The van der Waals surface area contributed by atoms with Gasteiger partial charge in [-0.25, -0.2) is 0 Å². The highest BCUT2D eigenvalue weighted by molar-refractivity contribution is 6.06. The third kappa shape index (κ3) is 4.80. The maximum atomic E-state index is 13.1. The zero-order chi connectivity index (χ0) is 21.6. The first-order valence-corrected chi connectivity index (χ1v) is 10.8. The number of carbonyl (C=O) groups is 1. The lowest BCUT2D eigenvalue weighted by Gasteiger charge is -2.41. The van der Waals surface area contributed by atoms with Gasteiger partial charge in [-0.15, -0.1) is 0 Å². The first-order valence-electron chi connectivity index (χ1n) is 10.8. The molecule has 1 heterocycles. The molecule has 0 saturated carbocycles. The van der Waals surface area contributed by atoms with Crippen molar-refractivity contribution in [1.82, 2.24) is 0 Å². The van der Waals surface area contributed by atoms with Gasteiger partial charge in [0.1, 0.15) is 12.4 Å². The van der Waals surface area contributed by atoms with Gasteiger partial charge in [-0.1, -0.05) is 54.6 Å². The minimum absolute atomic E-state index is 0.00865. The fraction of sp³-hybridized carbons (Fsp3) is 0.222. The number of anilines is 2. The van der Waals surface area contributed by atoms with Gasteiger partial charge in [0.05, 0.1) is 11.4 Å². The molecule has 3 aromatic rings. The van der Waals surface area contributed by atoms with Crippen molar-refractivity contribution in [1.29, 1.82) is 0 Å². The van der Waals surface area contributed by atoms with Gasteiger partial charge in [-0.05, 0) is 55.3 Å². The van der Waals surface area contributed by atoms with Crippen molar-refractivity contribution in [2.45, 2.75) is 26.5 Å². The number of rotatable bonds is 6. The second kappa shape index (κ2) is 9.52. The Hall–Kier alpha value is -3.53. The van der Waals surface area contributed by atoms with Crippen molar-refractivity contribution < 1.29 is 9.53 Å². The van der Waals surface area contributed by atoms with Crippen molar-refractivity contribution >= 4 is 23.4 Å². The predicted molar refractivity (Wildman–Crippen MR) is 128 cm³/mol. The van der Waals surface area contributed by atoms with E-state index in [4.69, 9.17) is 4.74 Å². The summed E-state index contributed by atoms with van der Waals surface area (Å²) in [5.74, 6) is 0.777. The number of hydrogen-bond acceptors (Lipinski definition) is 3. The molecule has 0 fully saturated rings. The molecule has 0 N–H and O–H groups in total. The Kier molecular flexibility index (Phi) is 6.37. The highest BCUT2D eigenvalue weighted by atomic mass is 16.5. The number of benzene rings is 3. The zero-order valence-corrected chi connectivity index (χ0v) is 18.1. The fourth-order valence-corrected chi connectivity index (χ4v) is 4.03. The molecule has 0 aliphatic carbocycles. The lowest BCUT2D eigenvalue weighted by Crippen LogP contribution is -2.49. The van der Waals surface area contributed by atoms with Crippen LogP contribution in [0.4, 0.5) is 11.4 Å². The molecule has 0 radical (unpaired) electrons. The molecule has 1 aliphatic rings. The quantitative estimate of drug-likeness (QED) is 0.498. The lowest BCUT2D eigenvalue weighted by molar-refractivity contribution is -0.114. The monoisotopic (exact) mass is 412 g/mol. The second-order valence-electron chi connectivity index (χ2n) is 7.75. The van der Waals surface area contributed by atoms with Crippen LogP contribution in [0.3, 0.4) is 0 Å². The number of carbonyl (C=O) groups excluding carboxylic acids is 1. The first kappa shape index (κ1) is 20.7. The zero-order valence-electron chi connectivity index (χ0n) is 18.1. The van der Waals surface area contributed by atoms with Gasteiger partial charge < -0.3 is 14.5 Å². The first-order chi connectivity index (χ1) is 15.2. The smallest absolute Gasteiger partial charge is 0.251 e. The van der Waals surface area contributed by atoms with Crippen LogP contribution < -0.4 is 14.5 Å². The second-order valence-corrected chi connectivity index (χ2v) is 7.75. The number of amides is 1. The molecular formula is C27H28N2O2.